The van der Waals surface area contributed by atoms with Crippen LogP contribution in [0.4, 0.5) is 0 Å². The van der Waals surface area contributed by atoms with Gasteiger partial charge < -0.3 is 9.47 Å². The average molecular weight is 195 g/mol. The van der Waals surface area contributed by atoms with Crippen LogP contribution >= 0.6 is 15.9 Å². The van der Waals surface area contributed by atoms with Gasteiger partial charge in [0.2, 0.25) is 0 Å². The fraction of sp³-hybridized carbons (Fsp3) is 1.00. The van der Waals surface area contributed by atoms with E-state index in [-0.39, 0.29) is 16.9 Å². The third-order valence-electron chi connectivity index (χ3n) is 1.19. The lowest BCUT2D eigenvalue weighted by Crippen LogP contribution is -2.49. The summed E-state index contributed by atoms with van der Waals surface area (Å²) in [4.78, 5) is 0. The Balaban J connectivity index is 2.32. The maximum atomic E-state index is 5.23. The minimum atomic E-state index is -0.0764. The van der Waals surface area contributed by atoms with Crippen molar-refractivity contribution in [2.24, 2.45) is 0 Å². The van der Waals surface area contributed by atoms with Gasteiger partial charge in [-0.1, -0.05) is 15.9 Å². The van der Waals surface area contributed by atoms with Gasteiger partial charge in [0, 0.05) is 0 Å². The van der Waals surface area contributed by atoms with Crippen molar-refractivity contribution in [1.82, 2.24) is 0 Å². The standard InChI is InChI=1S/C6H11BrO2/c1-4-8-5(9-4)6(2,3)7/h4-5H,1-3H3. The molecular weight excluding hydrogens is 184 g/mol. The summed E-state index contributed by atoms with van der Waals surface area (Å²) in [6, 6.07) is 0. The van der Waals surface area contributed by atoms with Crippen LogP contribution in [0.2, 0.25) is 0 Å². The highest BCUT2D eigenvalue weighted by molar-refractivity contribution is 9.10. The molecule has 1 aliphatic rings. The van der Waals surface area contributed by atoms with E-state index in [2.05, 4.69) is 15.9 Å². The first-order chi connectivity index (χ1) is 4.00. The third kappa shape index (κ3) is 1.66. The molecule has 0 saturated carbocycles. The Morgan fingerprint density at radius 3 is 1.89 bits per heavy atom. The Kier molecular flexibility index (Phi) is 1.85. The van der Waals surface area contributed by atoms with Gasteiger partial charge in [0.05, 0.1) is 4.32 Å². The summed E-state index contributed by atoms with van der Waals surface area (Å²) in [7, 11) is 0. The van der Waals surface area contributed by atoms with Crippen molar-refractivity contribution < 1.29 is 9.47 Å². The zero-order chi connectivity index (χ0) is 7.07. The van der Waals surface area contributed by atoms with Crippen molar-refractivity contribution in [2.45, 2.75) is 37.7 Å². The van der Waals surface area contributed by atoms with Gasteiger partial charge in [-0.05, 0) is 20.8 Å². The van der Waals surface area contributed by atoms with Gasteiger partial charge in [0.1, 0.15) is 0 Å². The van der Waals surface area contributed by atoms with Crippen molar-refractivity contribution in [1.29, 1.82) is 0 Å². The smallest absolute Gasteiger partial charge is 0.178 e. The average Bonchev–Trinajstić information content (AvgIpc) is 1.55. The van der Waals surface area contributed by atoms with E-state index in [0.717, 1.165) is 0 Å². The zero-order valence-corrected chi connectivity index (χ0v) is 7.44. The number of hydrogen-bond donors (Lipinski definition) is 0. The summed E-state index contributed by atoms with van der Waals surface area (Å²) in [6.45, 7) is 5.92. The minimum absolute atomic E-state index is 0.0215. The monoisotopic (exact) mass is 194 g/mol. The van der Waals surface area contributed by atoms with Crippen molar-refractivity contribution in [3.63, 3.8) is 0 Å². The molecule has 0 N–H and O–H groups in total. The molecule has 1 aliphatic heterocycles. The molecule has 0 aromatic rings. The molecule has 2 nitrogen and oxygen atoms in total. The van der Waals surface area contributed by atoms with Crippen molar-refractivity contribution in [3.05, 3.63) is 0 Å². The van der Waals surface area contributed by atoms with Crippen LogP contribution in [0.15, 0.2) is 0 Å². The minimum Gasteiger partial charge on any atom is -0.322 e. The predicted octanol–water partition coefficient (Wildman–Crippen LogP) is 1.88. The summed E-state index contributed by atoms with van der Waals surface area (Å²) in [6.07, 6.45) is -0.0978. The van der Waals surface area contributed by atoms with Gasteiger partial charge >= 0.3 is 0 Å². The molecule has 0 spiro atoms. The summed E-state index contributed by atoms with van der Waals surface area (Å²) in [5, 5.41) is 0. The lowest BCUT2D eigenvalue weighted by Gasteiger charge is -2.40. The highest BCUT2D eigenvalue weighted by Crippen LogP contribution is 2.32. The number of hydrogen-bond acceptors (Lipinski definition) is 2. The number of rotatable bonds is 1. The summed E-state index contributed by atoms with van der Waals surface area (Å²) in [5.74, 6) is 0. The SMILES string of the molecule is CC1OC(C(C)(C)Br)O1. The molecule has 0 radical (unpaired) electrons. The molecule has 1 rings (SSSR count). The first kappa shape index (κ1) is 7.51. The number of alkyl halides is 1. The van der Waals surface area contributed by atoms with E-state index < -0.39 is 0 Å². The molecular formula is C6H11BrO2. The van der Waals surface area contributed by atoms with Crippen LogP contribution in [0.3, 0.4) is 0 Å². The first-order valence-corrected chi connectivity index (χ1v) is 3.79. The lowest BCUT2D eigenvalue weighted by molar-refractivity contribution is -0.382. The number of halogens is 1. The normalized spacial score (nSPS) is 36.0. The molecule has 0 unspecified atom stereocenters. The highest BCUT2D eigenvalue weighted by atomic mass is 79.9. The molecule has 0 aromatic heterocycles. The maximum absolute atomic E-state index is 5.23. The summed E-state index contributed by atoms with van der Waals surface area (Å²) >= 11 is 3.43. The van der Waals surface area contributed by atoms with Gasteiger partial charge in [-0.2, -0.15) is 0 Å². The maximum Gasteiger partial charge on any atom is 0.178 e. The molecule has 3 heteroatoms. The van der Waals surface area contributed by atoms with Gasteiger partial charge in [0.25, 0.3) is 0 Å². The van der Waals surface area contributed by atoms with Gasteiger partial charge in [-0.15, -0.1) is 0 Å². The van der Waals surface area contributed by atoms with E-state index in [1.54, 1.807) is 0 Å². The molecule has 0 bridgehead atoms. The molecule has 1 heterocycles. The topological polar surface area (TPSA) is 18.5 Å². The fourth-order valence-corrected chi connectivity index (χ4v) is 0.898. The van der Waals surface area contributed by atoms with Crippen LogP contribution in [0.5, 0.6) is 0 Å². The fourth-order valence-electron chi connectivity index (χ4n) is 0.682. The Labute approximate surface area is 63.7 Å². The Morgan fingerprint density at radius 2 is 1.78 bits per heavy atom. The molecule has 0 aliphatic carbocycles. The molecule has 0 aromatic carbocycles. The Hall–Kier alpha value is 0.400. The second kappa shape index (κ2) is 2.22. The molecule has 1 fully saturated rings. The molecule has 9 heavy (non-hydrogen) atoms. The quantitative estimate of drug-likeness (QED) is 0.594. The van der Waals surface area contributed by atoms with Crippen molar-refractivity contribution >= 4 is 15.9 Å². The largest absolute Gasteiger partial charge is 0.322 e. The highest BCUT2D eigenvalue weighted by Gasteiger charge is 2.38. The van der Waals surface area contributed by atoms with Gasteiger partial charge in [-0.3, -0.25) is 0 Å². The van der Waals surface area contributed by atoms with E-state index >= 15 is 0 Å². The number of ether oxygens (including phenoxy) is 2. The first-order valence-electron chi connectivity index (χ1n) is 3.00. The Bertz CT molecular complexity index is 102. The van der Waals surface area contributed by atoms with Crippen LogP contribution in [0, 0.1) is 0 Å². The van der Waals surface area contributed by atoms with Crippen LogP contribution in [0.25, 0.3) is 0 Å². The van der Waals surface area contributed by atoms with E-state index in [1.165, 1.54) is 0 Å². The lowest BCUT2D eigenvalue weighted by atomic mass is 10.2. The van der Waals surface area contributed by atoms with E-state index in [4.69, 9.17) is 9.47 Å². The Morgan fingerprint density at radius 1 is 1.33 bits per heavy atom. The van der Waals surface area contributed by atoms with Crippen molar-refractivity contribution in [3.8, 4) is 0 Å². The van der Waals surface area contributed by atoms with Gasteiger partial charge in [0.15, 0.2) is 12.6 Å². The molecule has 54 valence electrons. The van der Waals surface area contributed by atoms with Crippen molar-refractivity contribution in [2.75, 3.05) is 0 Å². The van der Waals surface area contributed by atoms with Gasteiger partial charge in [-0.25, -0.2) is 0 Å². The van der Waals surface area contributed by atoms with Crippen LogP contribution in [-0.4, -0.2) is 16.9 Å². The van der Waals surface area contributed by atoms with Crippen LogP contribution < -0.4 is 0 Å². The van der Waals surface area contributed by atoms with Crippen LogP contribution in [0.1, 0.15) is 20.8 Å². The second-order valence-corrected chi connectivity index (χ2v) is 4.78. The van der Waals surface area contributed by atoms with E-state index in [0.29, 0.717) is 0 Å². The second-order valence-electron chi connectivity index (χ2n) is 2.74. The van der Waals surface area contributed by atoms with E-state index in [1.807, 2.05) is 20.8 Å². The zero-order valence-electron chi connectivity index (χ0n) is 5.85. The van der Waals surface area contributed by atoms with Crippen LogP contribution in [-0.2, 0) is 9.47 Å². The molecule has 0 amide bonds. The third-order valence-corrected chi connectivity index (χ3v) is 1.56. The van der Waals surface area contributed by atoms with E-state index in [9.17, 15) is 0 Å². The molecule has 0 atom stereocenters. The molecule has 1 saturated heterocycles. The summed E-state index contributed by atoms with van der Waals surface area (Å²) in [5.41, 5.74) is 0. The summed E-state index contributed by atoms with van der Waals surface area (Å²) < 4.78 is 10.4. The predicted molar refractivity (Wildman–Crippen MR) is 38.4 cm³/mol.